The van der Waals surface area contributed by atoms with Gasteiger partial charge >= 0.3 is 0 Å². The van der Waals surface area contributed by atoms with E-state index in [0.29, 0.717) is 48.2 Å². The van der Waals surface area contributed by atoms with E-state index < -0.39 is 24.5 Å². The molecule has 2 aliphatic heterocycles. The third-order valence-electron chi connectivity index (χ3n) is 9.19. The number of aromatic nitrogens is 5. The van der Waals surface area contributed by atoms with Crippen molar-refractivity contribution in [2.45, 2.75) is 63.1 Å². The summed E-state index contributed by atoms with van der Waals surface area (Å²) in [6, 6.07) is 22.5. The molecule has 0 radical (unpaired) electrons. The number of nitrogens with zero attached hydrogens (tertiary/aromatic N) is 6. The van der Waals surface area contributed by atoms with Crippen LogP contribution in [0, 0.1) is 0 Å². The fourth-order valence-electron chi connectivity index (χ4n) is 6.56. The molecule has 4 atom stereocenters. The van der Waals surface area contributed by atoms with Crippen molar-refractivity contribution < 1.29 is 19.5 Å². The highest BCUT2D eigenvalue weighted by molar-refractivity contribution is 5.84. The van der Waals surface area contributed by atoms with Gasteiger partial charge in [0.15, 0.2) is 29.0 Å². The van der Waals surface area contributed by atoms with Gasteiger partial charge in [-0.3, -0.25) is 4.57 Å². The van der Waals surface area contributed by atoms with Gasteiger partial charge in [-0.15, -0.1) is 0 Å². The van der Waals surface area contributed by atoms with Crippen LogP contribution in [0.15, 0.2) is 77.6 Å². The Hall–Kier alpha value is -4.36. The average molecular weight is 639 g/mol. The largest absolute Gasteiger partial charge is 0.387 e. The van der Waals surface area contributed by atoms with E-state index in [-0.39, 0.29) is 5.92 Å². The lowest BCUT2D eigenvalue weighted by atomic mass is 9.91. The van der Waals surface area contributed by atoms with Crippen molar-refractivity contribution >= 4 is 22.9 Å². The number of likely N-dealkylation sites (tertiary alicyclic amines) is 1. The first-order valence-corrected chi connectivity index (χ1v) is 16.6. The highest BCUT2D eigenvalue weighted by atomic mass is 16.6. The van der Waals surface area contributed by atoms with Crippen LogP contribution in [-0.4, -0.2) is 84.7 Å². The maximum Gasteiger partial charge on any atom is 0.226 e. The summed E-state index contributed by atoms with van der Waals surface area (Å²) in [6.45, 7) is 6.32. The number of ether oxygens (including phenoxy) is 1. The monoisotopic (exact) mass is 638 g/mol. The molecule has 0 saturated carbocycles. The molecule has 2 saturated heterocycles. The van der Waals surface area contributed by atoms with Crippen LogP contribution in [-0.2, 0) is 11.2 Å². The minimum atomic E-state index is -1.25. The van der Waals surface area contributed by atoms with Crippen molar-refractivity contribution in [1.82, 2.24) is 29.6 Å². The van der Waals surface area contributed by atoms with Gasteiger partial charge in [-0.25, -0.2) is 4.98 Å². The van der Waals surface area contributed by atoms with Crippen molar-refractivity contribution in [2.75, 3.05) is 43.4 Å². The lowest BCUT2D eigenvalue weighted by Gasteiger charge is -2.26. The lowest BCUT2D eigenvalue weighted by molar-refractivity contribution is -0.0434. The average Bonchev–Trinajstić information content (AvgIpc) is 3.84. The number of piperidine rings is 1. The molecule has 0 aliphatic carbocycles. The van der Waals surface area contributed by atoms with E-state index in [1.54, 1.807) is 17.0 Å². The Morgan fingerprint density at radius 2 is 1.64 bits per heavy atom. The Morgan fingerprint density at radius 1 is 0.915 bits per heavy atom. The zero-order chi connectivity index (χ0) is 32.2. The third kappa shape index (κ3) is 6.72. The summed E-state index contributed by atoms with van der Waals surface area (Å²) in [7, 11) is 0. The van der Waals surface area contributed by atoms with E-state index in [0.717, 1.165) is 25.3 Å². The van der Waals surface area contributed by atoms with Crippen molar-refractivity contribution in [3.63, 3.8) is 0 Å². The fraction of sp³-hybridized carbons (Fsp3) is 0.429. The highest BCUT2D eigenvalue weighted by Gasteiger charge is 2.47. The molecule has 246 valence electrons. The maximum absolute atomic E-state index is 11.2. The second-order valence-corrected chi connectivity index (χ2v) is 12.3. The quantitative estimate of drug-likeness (QED) is 0.153. The molecular formula is C35H42N8O4. The number of aliphatic hydroxyl groups excluding tert-OH is 2. The Labute approximate surface area is 273 Å². The van der Waals surface area contributed by atoms with Gasteiger partial charge in [0.25, 0.3) is 0 Å². The number of aryl methyl sites for hydroxylation is 1. The van der Waals surface area contributed by atoms with Crippen LogP contribution in [0.25, 0.3) is 11.2 Å². The molecule has 2 aliphatic rings. The van der Waals surface area contributed by atoms with Crippen molar-refractivity contribution in [3.8, 4) is 0 Å². The summed E-state index contributed by atoms with van der Waals surface area (Å²) in [5.74, 6) is 1.44. The fourth-order valence-corrected chi connectivity index (χ4v) is 6.56. The van der Waals surface area contributed by atoms with Crippen LogP contribution in [0.1, 0.15) is 67.0 Å². The van der Waals surface area contributed by atoms with E-state index >= 15 is 0 Å². The summed E-state index contributed by atoms with van der Waals surface area (Å²) in [5, 5.41) is 33.2. The van der Waals surface area contributed by atoms with Gasteiger partial charge < -0.3 is 35.0 Å². The number of hydrogen-bond donors (Lipinski definition) is 4. The van der Waals surface area contributed by atoms with Crippen LogP contribution >= 0.6 is 0 Å². The zero-order valence-corrected chi connectivity index (χ0v) is 26.6. The van der Waals surface area contributed by atoms with Crippen molar-refractivity contribution in [2.24, 2.45) is 0 Å². The van der Waals surface area contributed by atoms with E-state index in [9.17, 15) is 10.2 Å². The van der Waals surface area contributed by atoms with Crippen molar-refractivity contribution in [1.29, 1.82) is 0 Å². The topological polar surface area (TPSA) is 147 Å². The summed E-state index contributed by atoms with van der Waals surface area (Å²) in [5.41, 5.74) is 4.12. The first-order valence-electron chi connectivity index (χ1n) is 16.6. The molecule has 5 heterocycles. The molecule has 5 aromatic rings. The molecule has 47 heavy (non-hydrogen) atoms. The molecule has 12 heteroatoms. The number of imidazole rings is 1. The lowest BCUT2D eigenvalue weighted by Crippen LogP contribution is -2.34. The second-order valence-electron chi connectivity index (χ2n) is 12.3. The number of aliphatic hydroxyl groups is 2. The van der Waals surface area contributed by atoms with Gasteiger partial charge in [0.2, 0.25) is 5.95 Å². The van der Waals surface area contributed by atoms with Crippen LogP contribution in [0.2, 0.25) is 0 Å². The molecule has 0 spiro atoms. The molecular weight excluding hydrogens is 596 g/mol. The molecule has 3 aromatic heterocycles. The van der Waals surface area contributed by atoms with Crippen LogP contribution in [0.5, 0.6) is 0 Å². The maximum atomic E-state index is 11.2. The van der Waals surface area contributed by atoms with Gasteiger partial charge in [-0.1, -0.05) is 79.2 Å². The predicted molar refractivity (Wildman–Crippen MR) is 178 cm³/mol. The molecule has 0 amide bonds. The van der Waals surface area contributed by atoms with Crippen LogP contribution in [0.4, 0.5) is 11.8 Å². The smallest absolute Gasteiger partial charge is 0.226 e. The van der Waals surface area contributed by atoms with Gasteiger partial charge in [0.1, 0.15) is 18.3 Å². The summed E-state index contributed by atoms with van der Waals surface area (Å²) < 4.78 is 13.3. The Balaban J connectivity index is 1.19. The minimum absolute atomic E-state index is 0.0609. The van der Waals surface area contributed by atoms with Crippen molar-refractivity contribution in [3.05, 3.63) is 95.6 Å². The van der Waals surface area contributed by atoms with Gasteiger partial charge in [-0.05, 0) is 43.5 Å². The third-order valence-corrected chi connectivity index (χ3v) is 9.19. The minimum Gasteiger partial charge on any atom is -0.387 e. The normalized spacial score (nSPS) is 21.9. The summed E-state index contributed by atoms with van der Waals surface area (Å²) in [6.07, 6.45) is 1.67. The predicted octanol–water partition coefficient (Wildman–Crippen LogP) is 4.51. The molecule has 2 fully saturated rings. The highest BCUT2D eigenvalue weighted by Crippen LogP contribution is 2.40. The van der Waals surface area contributed by atoms with Gasteiger partial charge in [-0.2, -0.15) is 9.97 Å². The molecule has 0 bridgehead atoms. The first-order chi connectivity index (χ1) is 23.1. The summed E-state index contributed by atoms with van der Waals surface area (Å²) in [4.78, 5) is 16.9. The van der Waals surface area contributed by atoms with Gasteiger partial charge in [0.05, 0.1) is 12.0 Å². The Morgan fingerprint density at radius 3 is 2.32 bits per heavy atom. The van der Waals surface area contributed by atoms with Crippen LogP contribution in [0.3, 0.4) is 0 Å². The molecule has 12 nitrogen and oxygen atoms in total. The number of fused-ring (bicyclic) bond motifs is 1. The van der Waals surface area contributed by atoms with E-state index in [2.05, 4.69) is 74.2 Å². The molecule has 0 unspecified atom stereocenters. The molecule has 7 rings (SSSR count). The van der Waals surface area contributed by atoms with E-state index in [1.807, 2.05) is 19.1 Å². The van der Waals surface area contributed by atoms with E-state index in [4.69, 9.17) is 19.2 Å². The number of rotatable bonds is 12. The first kappa shape index (κ1) is 31.3. The number of hydrogen-bond acceptors (Lipinski definition) is 11. The number of anilines is 2. The Bertz CT molecular complexity index is 1700. The van der Waals surface area contributed by atoms with Crippen LogP contribution < -0.4 is 10.6 Å². The van der Waals surface area contributed by atoms with E-state index in [1.165, 1.54) is 30.4 Å². The Kier molecular flexibility index (Phi) is 9.43. The zero-order valence-electron chi connectivity index (χ0n) is 26.6. The standard InChI is InChI=1S/C35H42N8O4/c1-2-25-20-27(47-41-25)31-29(44)30(45)34(46-31)43-22-38-28-32(39-35(40-33(28)43)36-16-19-42-17-10-5-11-18-42)37-21-26(23-12-6-3-7-13-23)24-14-8-4-9-15-24/h3-4,6-9,12-15,20,22,26,29-31,34,44-45H,2,5,10-11,16-19,21H2,1H3,(H2,36,37,39,40)/t29-,30+,31+,34+/m0/s1. The number of benzene rings is 2. The molecule has 2 aromatic carbocycles. The second kappa shape index (κ2) is 14.2. The SMILES string of the molecule is CCc1cc([C@H]2O[C@@H](n3cnc4c(NCC(c5ccccc5)c5ccccc5)nc(NCCN5CCCCC5)nc43)[C@H](O)[C@@H]2O)on1. The molecule has 4 N–H and O–H groups in total. The summed E-state index contributed by atoms with van der Waals surface area (Å²) >= 11 is 0. The van der Waals surface area contributed by atoms with Gasteiger partial charge in [0, 0.05) is 31.6 Å². The number of nitrogens with one attached hydrogen (secondary N) is 2.